The van der Waals surface area contributed by atoms with E-state index in [0.29, 0.717) is 6.42 Å². The molecule has 2 atom stereocenters. The molecule has 15 heavy (non-hydrogen) atoms. The number of hydrogen-bond acceptors (Lipinski definition) is 2. The maximum absolute atomic E-state index is 12.4. The molecule has 0 saturated carbocycles. The Labute approximate surface area is 87.7 Å². The van der Waals surface area contributed by atoms with Crippen LogP contribution in [0.25, 0.3) is 0 Å². The lowest BCUT2D eigenvalue weighted by Crippen LogP contribution is -2.45. The smallest absolute Gasteiger partial charge is 0.346 e. The molecule has 1 fully saturated rings. The van der Waals surface area contributed by atoms with Crippen molar-refractivity contribution in [2.24, 2.45) is 5.41 Å². The Hall–Kier alpha value is -0.290. The molecule has 1 aliphatic heterocycles. The van der Waals surface area contributed by atoms with E-state index in [2.05, 4.69) is 0 Å². The van der Waals surface area contributed by atoms with Crippen LogP contribution in [0.15, 0.2) is 0 Å². The molecule has 0 aromatic carbocycles. The quantitative estimate of drug-likeness (QED) is 0.684. The van der Waals surface area contributed by atoms with E-state index >= 15 is 0 Å². The lowest BCUT2D eigenvalue weighted by Gasteiger charge is -2.39. The molecule has 1 rings (SSSR count). The zero-order valence-corrected chi connectivity index (χ0v) is 9.44. The fourth-order valence-corrected chi connectivity index (χ4v) is 1.78. The minimum absolute atomic E-state index is 0.406. The summed E-state index contributed by atoms with van der Waals surface area (Å²) in [6.07, 6.45) is -5.73. The maximum Gasteiger partial charge on any atom is 0.417 e. The van der Waals surface area contributed by atoms with Crippen LogP contribution in [0.3, 0.4) is 0 Å². The molecule has 2 nitrogen and oxygen atoms in total. The molecule has 0 amide bonds. The first-order valence-corrected chi connectivity index (χ1v) is 5.01. The third kappa shape index (κ3) is 2.28. The molecule has 1 saturated heterocycles. The molecular weight excluding hydrogens is 209 g/mol. The molecule has 5 heteroatoms. The number of rotatable bonds is 1. The van der Waals surface area contributed by atoms with Gasteiger partial charge >= 0.3 is 6.18 Å². The van der Waals surface area contributed by atoms with Gasteiger partial charge in [0.25, 0.3) is 0 Å². The zero-order valence-electron chi connectivity index (χ0n) is 9.44. The first-order chi connectivity index (χ1) is 6.62. The monoisotopic (exact) mass is 226 g/mol. The summed E-state index contributed by atoms with van der Waals surface area (Å²) in [5, 5.41) is 0. The fraction of sp³-hybridized carbons (Fsp3) is 1.00. The predicted molar refractivity (Wildman–Crippen MR) is 49.4 cm³/mol. The van der Waals surface area contributed by atoms with E-state index < -0.39 is 30.1 Å². The van der Waals surface area contributed by atoms with Crippen LogP contribution in [0.4, 0.5) is 13.2 Å². The van der Waals surface area contributed by atoms with Crippen LogP contribution in [0.5, 0.6) is 0 Å². The molecule has 0 bridgehead atoms. The Morgan fingerprint density at radius 3 is 2.00 bits per heavy atom. The molecule has 0 unspecified atom stereocenters. The van der Waals surface area contributed by atoms with E-state index in [-0.39, 0.29) is 0 Å². The van der Waals surface area contributed by atoms with Crippen molar-refractivity contribution in [3.8, 4) is 0 Å². The average Bonchev–Trinajstić information content (AvgIpc) is 2.46. The molecule has 0 aromatic heterocycles. The largest absolute Gasteiger partial charge is 0.417 e. The van der Waals surface area contributed by atoms with Gasteiger partial charge < -0.3 is 9.47 Å². The van der Waals surface area contributed by atoms with Crippen LogP contribution in [-0.2, 0) is 9.47 Å². The second kappa shape index (κ2) is 3.63. The molecule has 0 aromatic rings. The van der Waals surface area contributed by atoms with Gasteiger partial charge in [-0.25, -0.2) is 0 Å². The maximum atomic E-state index is 12.4. The average molecular weight is 226 g/mol. The van der Waals surface area contributed by atoms with E-state index in [9.17, 15) is 13.2 Å². The van der Waals surface area contributed by atoms with Crippen LogP contribution in [0.1, 0.15) is 34.1 Å². The van der Waals surface area contributed by atoms with Crippen LogP contribution >= 0.6 is 0 Å². The Bertz CT molecular complexity index is 232. The third-order valence-electron chi connectivity index (χ3n) is 2.77. The van der Waals surface area contributed by atoms with E-state index in [1.165, 1.54) is 0 Å². The molecule has 0 spiro atoms. The first-order valence-electron chi connectivity index (χ1n) is 5.01. The summed E-state index contributed by atoms with van der Waals surface area (Å²) in [5.41, 5.74) is -0.470. The Kier molecular flexibility index (Phi) is 3.09. The van der Waals surface area contributed by atoms with Crippen LogP contribution in [-0.4, -0.2) is 24.7 Å². The van der Waals surface area contributed by atoms with E-state index in [0.717, 1.165) is 0 Å². The van der Waals surface area contributed by atoms with Gasteiger partial charge in [0.15, 0.2) is 11.9 Å². The third-order valence-corrected chi connectivity index (χ3v) is 2.77. The highest BCUT2D eigenvalue weighted by molar-refractivity contribution is 4.90. The topological polar surface area (TPSA) is 18.5 Å². The molecule has 0 aliphatic carbocycles. The van der Waals surface area contributed by atoms with Crippen LogP contribution in [0, 0.1) is 5.41 Å². The molecule has 90 valence electrons. The minimum atomic E-state index is -4.35. The summed E-state index contributed by atoms with van der Waals surface area (Å²) in [6, 6.07) is 0. The van der Waals surface area contributed by atoms with Crippen molar-refractivity contribution in [3.05, 3.63) is 0 Å². The second-order valence-electron chi connectivity index (χ2n) is 4.82. The Morgan fingerprint density at radius 2 is 1.80 bits per heavy atom. The zero-order chi connectivity index (χ0) is 11.9. The molecule has 1 heterocycles. The highest BCUT2D eigenvalue weighted by Gasteiger charge is 2.56. The van der Waals surface area contributed by atoms with Gasteiger partial charge in [-0.2, -0.15) is 13.2 Å². The van der Waals surface area contributed by atoms with Gasteiger partial charge in [-0.1, -0.05) is 27.7 Å². The van der Waals surface area contributed by atoms with Crippen molar-refractivity contribution in [3.63, 3.8) is 0 Å². The van der Waals surface area contributed by atoms with Crippen LogP contribution in [0.2, 0.25) is 0 Å². The Morgan fingerprint density at radius 1 is 1.27 bits per heavy atom. The predicted octanol–water partition coefficient (Wildman–Crippen LogP) is 3.12. The molecular formula is C10H17F3O2. The van der Waals surface area contributed by atoms with Crippen molar-refractivity contribution < 1.29 is 22.6 Å². The SMILES string of the molecule is CC[C@@]1(C(C)(C)C)OC[C@@H](C(F)(F)F)O1. The minimum Gasteiger partial charge on any atom is -0.346 e. The van der Waals surface area contributed by atoms with Crippen molar-refractivity contribution in [1.82, 2.24) is 0 Å². The number of halogens is 3. The van der Waals surface area contributed by atoms with Crippen LogP contribution < -0.4 is 0 Å². The lowest BCUT2D eigenvalue weighted by molar-refractivity contribution is -0.273. The van der Waals surface area contributed by atoms with Crippen molar-refractivity contribution in [1.29, 1.82) is 0 Å². The summed E-state index contributed by atoms with van der Waals surface area (Å²) >= 11 is 0. The number of ether oxygens (including phenoxy) is 2. The number of hydrogen-bond donors (Lipinski definition) is 0. The molecule has 0 N–H and O–H groups in total. The standard InChI is InChI=1S/C10H17F3O2/c1-5-9(8(2,3)4)14-6-7(15-9)10(11,12)13/h7H,5-6H2,1-4H3/t7-,9+/m0/s1. The summed E-state index contributed by atoms with van der Waals surface area (Å²) in [6.45, 7) is 6.80. The first kappa shape index (κ1) is 12.8. The summed E-state index contributed by atoms with van der Waals surface area (Å²) in [7, 11) is 0. The Balaban J connectivity index is 2.83. The molecule has 1 aliphatic rings. The van der Waals surface area contributed by atoms with Gasteiger partial charge in [0, 0.05) is 5.41 Å². The van der Waals surface area contributed by atoms with E-state index in [4.69, 9.17) is 9.47 Å². The summed E-state index contributed by atoms with van der Waals surface area (Å²) in [5.74, 6) is -1.12. The highest BCUT2D eigenvalue weighted by atomic mass is 19.4. The van der Waals surface area contributed by atoms with E-state index in [1.807, 2.05) is 20.8 Å². The van der Waals surface area contributed by atoms with Gasteiger partial charge in [0.2, 0.25) is 0 Å². The van der Waals surface area contributed by atoms with Gasteiger partial charge in [0.05, 0.1) is 6.61 Å². The normalized spacial score (nSPS) is 33.4. The van der Waals surface area contributed by atoms with Gasteiger partial charge in [0.1, 0.15) is 0 Å². The van der Waals surface area contributed by atoms with Gasteiger partial charge in [-0.15, -0.1) is 0 Å². The summed E-state index contributed by atoms with van der Waals surface area (Å²) in [4.78, 5) is 0. The van der Waals surface area contributed by atoms with Crippen molar-refractivity contribution in [2.75, 3.05) is 6.61 Å². The van der Waals surface area contributed by atoms with Crippen molar-refractivity contribution in [2.45, 2.75) is 52.2 Å². The second-order valence-corrected chi connectivity index (χ2v) is 4.82. The van der Waals surface area contributed by atoms with E-state index in [1.54, 1.807) is 6.92 Å². The highest BCUT2D eigenvalue weighted by Crippen LogP contribution is 2.45. The summed E-state index contributed by atoms with van der Waals surface area (Å²) < 4.78 is 47.6. The molecule has 0 radical (unpaired) electrons. The lowest BCUT2D eigenvalue weighted by atomic mass is 9.84. The van der Waals surface area contributed by atoms with Gasteiger partial charge in [-0.3, -0.25) is 0 Å². The van der Waals surface area contributed by atoms with Crippen molar-refractivity contribution >= 4 is 0 Å². The van der Waals surface area contributed by atoms with Gasteiger partial charge in [-0.05, 0) is 6.42 Å². The number of alkyl halides is 3. The fourth-order valence-electron chi connectivity index (χ4n) is 1.78.